The number of ether oxygens (including phenoxy) is 1. The highest BCUT2D eigenvalue weighted by Crippen LogP contribution is 2.29. The first kappa shape index (κ1) is 21.6. The normalized spacial score (nSPS) is 11.2. The van der Waals surface area contributed by atoms with Gasteiger partial charge < -0.3 is 23.9 Å². The number of pyridine rings is 1. The third-order valence-corrected chi connectivity index (χ3v) is 5.33. The van der Waals surface area contributed by atoms with E-state index >= 15 is 0 Å². The number of hydrogen-bond acceptors (Lipinski definition) is 7. The lowest BCUT2D eigenvalue weighted by atomic mass is 10.1. The quantitative estimate of drug-likeness (QED) is 0.406. The van der Waals surface area contributed by atoms with Crippen molar-refractivity contribution in [2.24, 2.45) is 0 Å². The highest BCUT2D eigenvalue weighted by atomic mass is 16.5. The molecule has 0 atom stereocenters. The van der Waals surface area contributed by atoms with Gasteiger partial charge in [-0.1, -0.05) is 31.1 Å². The zero-order valence-corrected chi connectivity index (χ0v) is 18.4. The number of aryl methyl sites for hydroxylation is 1. The zero-order valence-electron chi connectivity index (χ0n) is 18.4. The summed E-state index contributed by atoms with van der Waals surface area (Å²) >= 11 is 0. The van der Waals surface area contributed by atoms with E-state index in [1.807, 2.05) is 24.3 Å². The van der Waals surface area contributed by atoms with Gasteiger partial charge in [-0.2, -0.15) is 0 Å². The molecule has 166 valence electrons. The van der Waals surface area contributed by atoms with Gasteiger partial charge in [-0.15, -0.1) is 0 Å². The SMILES string of the molecule is CCN(CC)CCOc1ccccc1NC(=O)c1cc(-c2ccco2)nc2onc(C)c12. The molecule has 0 aliphatic carbocycles. The summed E-state index contributed by atoms with van der Waals surface area (Å²) in [5.74, 6) is 0.845. The van der Waals surface area contributed by atoms with Crippen LogP contribution in [0.5, 0.6) is 5.75 Å². The summed E-state index contributed by atoms with van der Waals surface area (Å²) in [5.41, 5.74) is 2.36. The van der Waals surface area contributed by atoms with Crippen molar-refractivity contribution in [2.75, 3.05) is 31.6 Å². The number of amides is 1. The number of para-hydroxylation sites is 2. The third kappa shape index (κ3) is 4.50. The van der Waals surface area contributed by atoms with Crippen molar-refractivity contribution >= 4 is 22.7 Å². The topological polar surface area (TPSA) is 93.6 Å². The minimum absolute atomic E-state index is 0.283. The summed E-state index contributed by atoms with van der Waals surface area (Å²) in [6.07, 6.45) is 1.55. The number of fused-ring (bicyclic) bond motifs is 1. The van der Waals surface area contributed by atoms with E-state index in [9.17, 15) is 4.79 Å². The first-order chi connectivity index (χ1) is 15.6. The molecule has 0 radical (unpaired) electrons. The van der Waals surface area contributed by atoms with Gasteiger partial charge in [-0.25, -0.2) is 4.98 Å². The van der Waals surface area contributed by atoms with Crippen LogP contribution in [0.1, 0.15) is 29.9 Å². The van der Waals surface area contributed by atoms with E-state index < -0.39 is 0 Å². The number of likely N-dealkylation sites (N-methyl/N-ethyl adjacent to an activating group) is 1. The maximum atomic E-state index is 13.3. The van der Waals surface area contributed by atoms with Gasteiger partial charge in [-0.3, -0.25) is 4.79 Å². The molecule has 0 saturated heterocycles. The van der Waals surface area contributed by atoms with Crippen molar-refractivity contribution in [3.05, 3.63) is 60.0 Å². The van der Waals surface area contributed by atoms with E-state index in [1.165, 1.54) is 0 Å². The van der Waals surface area contributed by atoms with Gasteiger partial charge in [0.1, 0.15) is 18.1 Å². The summed E-state index contributed by atoms with van der Waals surface area (Å²) in [4.78, 5) is 20.0. The van der Waals surface area contributed by atoms with Crippen LogP contribution in [0, 0.1) is 6.92 Å². The largest absolute Gasteiger partial charge is 0.490 e. The van der Waals surface area contributed by atoms with Gasteiger partial charge in [0.25, 0.3) is 11.6 Å². The van der Waals surface area contributed by atoms with Gasteiger partial charge in [0.2, 0.25) is 0 Å². The fraction of sp³-hybridized carbons (Fsp3) is 0.292. The first-order valence-electron chi connectivity index (χ1n) is 10.7. The van der Waals surface area contributed by atoms with Gasteiger partial charge in [-0.05, 0) is 50.3 Å². The van der Waals surface area contributed by atoms with E-state index in [-0.39, 0.29) is 11.6 Å². The Labute approximate surface area is 186 Å². The highest BCUT2D eigenvalue weighted by Gasteiger charge is 2.21. The predicted octanol–water partition coefficient (Wildman–Crippen LogP) is 4.76. The number of nitrogens with one attached hydrogen (secondary N) is 1. The van der Waals surface area contributed by atoms with E-state index in [0.29, 0.717) is 46.1 Å². The van der Waals surface area contributed by atoms with Crippen LogP contribution in [0.4, 0.5) is 5.69 Å². The lowest BCUT2D eigenvalue weighted by Gasteiger charge is -2.19. The van der Waals surface area contributed by atoms with Crippen LogP contribution in [-0.2, 0) is 0 Å². The number of furan rings is 1. The van der Waals surface area contributed by atoms with Gasteiger partial charge in [0.15, 0.2) is 5.76 Å². The second kappa shape index (κ2) is 9.65. The zero-order chi connectivity index (χ0) is 22.5. The molecule has 3 heterocycles. The molecule has 1 aromatic carbocycles. The molecule has 0 saturated carbocycles. The maximum Gasteiger partial charge on any atom is 0.259 e. The molecule has 32 heavy (non-hydrogen) atoms. The van der Waals surface area contributed by atoms with Crippen molar-refractivity contribution in [1.29, 1.82) is 0 Å². The van der Waals surface area contributed by atoms with Crippen molar-refractivity contribution in [1.82, 2.24) is 15.0 Å². The number of carbonyl (C=O) groups is 1. The summed E-state index contributed by atoms with van der Waals surface area (Å²) < 4.78 is 16.8. The molecule has 4 aromatic rings. The minimum atomic E-state index is -0.309. The fourth-order valence-electron chi connectivity index (χ4n) is 3.53. The molecule has 1 N–H and O–H groups in total. The van der Waals surface area contributed by atoms with Crippen LogP contribution in [0.3, 0.4) is 0 Å². The Morgan fingerprint density at radius 3 is 2.72 bits per heavy atom. The second-order valence-electron chi connectivity index (χ2n) is 7.31. The van der Waals surface area contributed by atoms with Crippen LogP contribution < -0.4 is 10.1 Å². The van der Waals surface area contributed by atoms with E-state index in [1.54, 1.807) is 31.4 Å². The predicted molar refractivity (Wildman–Crippen MR) is 122 cm³/mol. The Balaban J connectivity index is 1.60. The summed E-state index contributed by atoms with van der Waals surface area (Å²) in [6.45, 7) is 9.29. The van der Waals surface area contributed by atoms with Crippen LogP contribution in [0.25, 0.3) is 22.6 Å². The molecule has 0 spiro atoms. The Hall–Kier alpha value is -3.65. The molecule has 0 unspecified atom stereocenters. The van der Waals surface area contributed by atoms with Gasteiger partial charge >= 0.3 is 0 Å². The lowest BCUT2D eigenvalue weighted by molar-refractivity contribution is 0.102. The average molecular weight is 434 g/mol. The second-order valence-corrected chi connectivity index (χ2v) is 7.31. The molecule has 1 amide bonds. The monoisotopic (exact) mass is 434 g/mol. The molecule has 0 bridgehead atoms. The first-order valence-corrected chi connectivity index (χ1v) is 10.7. The van der Waals surface area contributed by atoms with Crippen molar-refractivity contribution in [2.45, 2.75) is 20.8 Å². The maximum absolute atomic E-state index is 13.3. The fourth-order valence-corrected chi connectivity index (χ4v) is 3.53. The van der Waals surface area contributed by atoms with Gasteiger partial charge in [0.05, 0.1) is 28.6 Å². The Morgan fingerprint density at radius 2 is 1.97 bits per heavy atom. The van der Waals surface area contributed by atoms with E-state index in [2.05, 4.69) is 34.2 Å². The highest BCUT2D eigenvalue weighted by molar-refractivity contribution is 6.13. The number of benzene rings is 1. The number of anilines is 1. The number of hydrogen-bond donors (Lipinski definition) is 1. The minimum Gasteiger partial charge on any atom is -0.490 e. The summed E-state index contributed by atoms with van der Waals surface area (Å²) in [6, 6.07) is 12.6. The molecule has 0 aliphatic heterocycles. The van der Waals surface area contributed by atoms with Crippen LogP contribution in [0.2, 0.25) is 0 Å². The molecule has 4 rings (SSSR count). The molecule has 8 heteroatoms. The number of rotatable bonds is 9. The van der Waals surface area contributed by atoms with Crippen molar-refractivity contribution in [3.8, 4) is 17.2 Å². The smallest absolute Gasteiger partial charge is 0.259 e. The van der Waals surface area contributed by atoms with Crippen LogP contribution in [0.15, 0.2) is 57.7 Å². The Kier molecular flexibility index (Phi) is 6.51. The summed E-state index contributed by atoms with van der Waals surface area (Å²) in [5, 5.41) is 7.52. The number of nitrogens with zero attached hydrogens (tertiary/aromatic N) is 3. The van der Waals surface area contributed by atoms with Crippen LogP contribution in [-0.4, -0.2) is 47.2 Å². The molecular weight excluding hydrogens is 408 g/mol. The van der Waals surface area contributed by atoms with E-state index in [0.717, 1.165) is 19.6 Å². The lowest BCUT2D eigenvalue weighted by Crippen LogP contribution is -2.28. The molecule has 0 fully saturated rings. The standard InChI is InChI=1S/C24H26N4O4/c1-4-28(5-2)12-14-31-20-10-7-6-9-18(20)25-23(29)17-15-19(21-11-8-13-30-21)26-24-22(17)16(3)27-32-24/h6-11,13,15H,4-5,12,14H2,1-3H3,(H,25,29). The number of carbonyl (C=O) groups excluding carboxylic acids is 1. The Bertz CT molecular complexity index is 1200. The summed E-state index contributed by atoms with van der Waals surface area (Å²) in [7, 11) is 0. The number of aromatic nitrogens is 2. The Morgan fingerprint density at radius 1 is 1.16 bits per heavy atom. The van der Waals surface area contributed by atoms with Crippen molar-refractivity contribution in [3.63, 3.8) is 0 Å². The molecule has 3 aromatic heterocycles. The van der Waals surface area contributed by atoms with Crippen LogP contribution >= 0.6 is 0 Å². The van der Waals surface area contributed by atoms with E-state index in [4.69, 9.17) is 13.7 Å². The third-order valence-electron chi connectivity index (χ3n) is 5.33. The van der Waals surface area contributed by atoms with Crippen molar-refractivity contribution < 1.29 is 18.5 Å². The average Bonchev–Trinajstić information content (AvgIpc) is 3.48. The molecular formula is C24H26N4O4. The molecule has 0 aliphatic rings. The molecule has 8 nitrogen and oxygen atoms in total. The van der Waals surface area contributed by atoms with Gasteiger partial charge in [0, 0.05) is 6.54 Å².